The predicted molar refractivity (Wildman–Crippen MR) is 40.1 cm³/mol. The monoisotopic (exact) mass is 202 g/mol. The predicted octanol–water partition coefficient (Wildman–Crippen LogP) is 1.89. The minimum Gasteiger partial charge on any atom is -0.417 e. The van der Waals surface area contributed by atoms with Crippen molar-refractivity contribution in [3.8, 4) is 11.9 Å². The van der Waals surface area contributed by atoms with Crippen LogP contribution in [0.3, 0.4) is 0 Å². The molecule has 0 aliphatic carbocycles. The number of hydrogen-bond acceptors (Lipinski definition) is 3. The molecule has 1 aromatic rings. The van der Waals surface area contributed by atoms with Crippen LogP contribution in [0.15, 0.2) is 12.1 Å². The molecule has 1 heterocycles. The zero-order chi connectivity index (χ0) is 10.6. The Morgan fingerprint density at radius 3 is 2.79 bits per heavy atom. The third-order valence-corrected chi connectivity index (χ3v) is 1.35. The molecule has 0 aliphatic heterocycles. The van der Waals surface area contributed by atoms with Crippen molar-refractivity contribution < 1.29 is 17.9 Å². The van der Waals surface area contributed by atoms with Gasteiger partial charge in [-0.05, 0) is 6.07 Å². The molecule has 0 N–H and O–H groups in total. The van der Waals surface area contributed by atoms with Crippen LogP contribution < -0.4 is 4.74 Å². The lowest BCUT2D eigenvalue weighted by Crippen LogP contribution is -2.05. The molecular formula is C8H5F3N2O. The highest BCUT2D eigenvalue weighted by Crippen LogP contribution is 2.14. The average Bonchev–Trinajstić information content (AvgIpc) is 2.10. The SMILES string of the molecule is N#CCc1nc(OC(F)F)ccc1F. The van der Waals surface area contributed by atoms with Gasteiger partial charge in [-0.3, -0.25) is 0 Å². The highest BCUT2D eigenvalue weighted by molar-refractivity contribution is 5.19. The Labute approximate surface area is 77.7 Å². The van der Waals surface area contributed by atoms with Gasteiger partial charge in [0.15, 0.2) is 0 Å². The van der Waals surface area contributed by atoms with Crippen molar-refractivity contribution in [1.82, 2.24) is 4.98 Å². The lowest BCUT2D eigenvalue weighted by atomic mass is 10.3. The summed E-state index contributed by atoms with van der Waals surface area (Å²) in [5, 5.41) is 8.27. The van der Waals surface area contributed by atoms with Crippen molar-refractivity contribution in [1.29, 1.82) is 5.26 Å². The van der Waals surface area contributed by atoms with Gasteiger partial charge in [-0.1, -0.05) is 0 Å². The summed E-state index contributed by atoms with van der Waals surface area (Å²) in [6, 6.07) is 3.56. The van der Waals surface area contributed by atoms with E-state index in [0.29, 0.717) is 0 Å². The maximum absolute atomic E-state index is 12.8. The summed E-state index contributed by atoms with van der Waals surface area (Å²) in [7, 11) is 0. The maximum atomic E-state index is 12.8. The molecule has 0 fully saturated rings. The van der Waals surface area contributed by atoms with Gasteiger partial charge in [-0.15, -0.1) is 0 Å². The first kappa shape index (κ1) is 10.3. The number of halogens is 3. The third kappa shape index (κ3) is 2.62. The molecule has 0 atom stereocenters. The van der Waals surface area contributed by atoms with Crippen molar-refractivity contribution in [2.24, 2.45) is 0 Å². The van der Waals surface area contributed by atoms with E-state index >= 15 is 0 Å². The van der Waals surface area contributed by atoms with E-state index in [1.807, 2.05) is 0 Å². The smallest absolute Gasteiger partial charge is 0.388 e. The number of nitriles is 1. The maximum Gasteiger partial charge on any atom is 0.388 e. The summed E-state index contributed by atoms with van der Waals surface area (Å²) in [6.07, 6.45) is -0.285. The van der Waals surface area contributed by atoms with Gasteiger partial charge in [-0.2, -0.15) is 14.0 Å². The van der Waals surface area contributed by atoms with E-state index in [-0.39, 0.29) is 12.1 Å². The van der Waals surface area contributed by atoms with E-state index in [1.165, 1.54) is 0 Å². The average molecular weight is 202 g/mol. The standard InChI is InChI=1S/C8H5F3N2O/c9-5-1-2-7(14-8(10)11)13-6(5)3-4-12/h1-2,8H,3H2. The highest BCUT2D eigenvalue weighted by Gasteiger charge is 2.09. The zero-order valence-electron chi connectivity index (χ0n) is 6.88. The van der Waals surface area contributed by atoms with Crippen LogP contribution in [-0.2, 0) is 6.42 Å². The summed E-state index contributed by atoms with van der Waals surface area (Å²) in [4.78, 5) is 3.40. The van der Waals surface area contributed by atoms with Crippen molar-refractivity contribution in [3.63, 3.8) is 0 Å². The van der Waals surface area contributed by atoms with Crippen LogP contribution >= 0.6 is 0 Å². The van der Waals surface area contributed by atoms with Crippen molar-refractivity contribution >= 4 is 0 Å². The van der Waals surface area contributed by atoms with E-state index < -0.39 is 18.3 Å². The first-order valence-corrected chi connectivity index (χ1v) is 3.60. The second-order valence-electron chi connectivity index (χ2n) is 2.29. The van der Waals surface area contributed by atoms with Crippen LogP contribution in [0.5, 0.6) is 5.88 Å². The summed E-state index contributed by atoms with van der Waals surface area (Å²) in [6.45, 7) is -3.01. The summed E-state index contributed by atoms with van der Waals surface area (Å²) >= 11 is 0. The molecular weight excluding hydrogens is 197 g/mol. The van der Waals surface area contributed by atoms with Crippen LogP contribution in [0.4, 0.5) is 13.2 Å². The van der Waals surface area contributed by atoms with Gasteiger partial charge in [0.05, 0.1) is 18.2 Å². The third-order valence-electron chi connectivity index (χ3n) is 1.35. The number of hydrogen-bond donors (Lipinski definition) is 0. The molecule has 6 heteroatoms. The van der Waals surface area contributed by atoms with Gasteiger partial charge in [0.2, 0.25) is 5.88 Å². The largest absolute Gasteiger partial charge is 0.417 e. The zero-order valence-corrected chi connectivity index (χ0v) is 6.88. The first-order valence-electron chi connectivity index (χ1n) is 3.60. The van der Waals surface area contributed by atoms with E-state index in [2.05, 4.69) is 9.72 Å². The summed E-state index contributed by atoms with van der Waals surface area (Å²) < 4.78 is 40.2. The molecule has 0 bridgehead atoms. The Balaban J connectivity index is 2.89. The number of nitrogens with zero attached hydrogens (tertiary/aromatic N) is 2. The van der Waals surface area contributed by atoms with Crippen LogP contribution in [0.2, 0.25) is 0 Å². The molecule has 3 nitrogen and oxygen atoms in total. The van der Waals surface area contributed by atoms with Crippen LogP contribution in [-0.4, -0.2) is 11.6 Å². The summed E-state index contributed by atoms with van der Waals surface area (Å²) in [5.41, 5.74) is -0.203. The van der Waals surface area contributed by atoms with E-state index in [9.17, 15) is 13.2 Å². The molecule has 0 saturated carbocycles. The Hall–Kier alpha value is -1.77. The number of aromatic nitrogens is 1. The topological polar surface area (TPSA) is 45.9 Å². The minimum absolute atomic E-state index is 0.203. The molecule has 0 radical (unpaired) electrons. The van der Waals surface area contributed by atoms with E-state index in [0.717, 1.165) is 12.1 Å². The van der Waals surface area contributed by atoms with Crippen LogP contribution in [0.1, 0.15) is 5.69 Å². The van der Waals surface area contributed by atoms with Gasteiger partial charge in [0, 0.05) is 6.07 Å². The fourth-order valence-electron chi connectivity index (χ4n) is 0.820. The molecule has 14 heavy (non-hydrogen) atoms. The second-order valence-corrected chi connectivity index (χ2v) is 2.29. The Morgan fingerprint density at radius 2 is 2.21 bits per heavy atom. The molecule has 0 saturated heterocycles. The Kier molecular flexibility index (Phi) is 3.29. The minimum atomic E-state index is -3.01. The molecule has 0 spiro atoms. The highest BCUT2D eigenvalue weighted by atomic mass is 19.3. The van der Waals surface area contributed by atoms with Gasteiger partial charge >= 0.3 is 6.61 Å². The van der Waals surface area contributed by atoms with Gasteiger partial charge in [0.1, 0.15) is 5.82 Å². The van der Waals surface area contributed by atoms with Crippen molar-refractivity contribution in [2.45, 2.75) is 13.0 Å². The Bertz CT molecular complexity index is 362. The Morgan fingerprint density at radius 1 is 1.50 bits per heavy atom. The first-order chi connectivity index (χ1) is 6.63. The number of ether oxygens (including phenoxy) is 1. The lowest BCUT2D eigenvalue weighted by molar-refractivity contribution is -0.0530. The number of rotatable bonds is 3. The molecule has 0 aromatic carbocycles. The second kappa shape index (κ2) is 4.46. The van der Waals surface area contributed by atoms with Gasteiger partial charge < -0.3 is 4.74 Å². The molecule has 0 amide bonds. The molecule has 74 valence electrons. The van der Waals surface area contributed by atoms with Crippen molar-refractivity contribution in [3.05, 3.63) is 23.6 Å². The molecule has 1 aromatic heterocycles. The van der Waals surface area contributed by atoms with Gasteiger partial charge in [-0.25, -0.2) is 9.37 Å². The fraction of sp³-hybridized carbons (Fsp3) is 0.250. The van der Waals surface area contributed by atoms with Gasteiger partial charge in [0.25, 0.3) is 0 Å². The lowest BCUT2D eigenvalue weighted by Gasteiger charge is -2.04. The molecule has 0 unspecified atom stereocenters. The number of alkyl halides is 2. The van der Waals surface area contributed by atoms with Crippen LogP contribution in [0, 0.1) is 17.1 Å². The molecule has 0 aliphatic rings. The van der Waals surface area contributed by atoms with Crippen molar-refractivity contribution in [2.75, 3.05) is 0 Å². The quantitative estimate of drug-likeness (QED) is 0.751. The normalized spacial score (nSPS) is 9.93. The van der Waals surface area contributed by atoms with Crippen LogP contribution in [0.25, 0.3) is 0 Å². The van der Waals surface area contributed by atoms with E-state index in [1.54, 1.807) is 6.07 Å². The molecule has 1 rings (SSSR count). The van der Waals surface area contributed by atoms with E-state index in [4.69, 9.17) is 5.26 Å². The summed E-state index contributed by atoms with van der Waals surface area (Å²) in [5.74, 6) is -1.11. The fourth-order valence-corrected chi connectivity index (χ4v) is 0.820. The number of pyridine rings is 1.